The average Bonchev–Trinajstić information content (AvgIpc) is 3.29. The number of aromatic nitrogens is 4. The van der Waals surface area contributed by atoms with Gasteiger partial charge in [-0.25, -0.2) is 4.79 Å². The van der Waals surface area contributed by atoms with Crippen LogP contribution in [0.5, 0.6) is 0 Å². The van der Waals surface area contributed by atoms with E-state index < -0.39 is 0 Å². The van der Waals surface area contributed by atoms with Crippen molar-refractivity contribution < 1.29 is 9.53 Å². The second kappa shape index (κ2) is 7.83. The van der Waals surface area contributed by atoms with Crippen LogP contribution in [0.15, 0.2) is 30.3 Å². The van der Waals surface area contributed by atoms with Crippen molar-refractivity contribution in [3.05, 3.63) is 47.3 Å². The Hall–Kier alpha value is -2.54. The lowest BCUT2D eigenvalue weighted by molar-refractivity contribution is -0.134. The zero-order valence-corrected chi connectivity index (χ0v) is 13.7. The molecule has 126 valence electrons. The van der Waals surface area contributed by atoms with E-state index in [-0.39, 0.29) is 5.97 Å². The Bertz CT molecular complexity index is 682. The predicted octanol–water partition coefficient (Wildman–Crippen LogP) is 1.77. The fourth-order valence-corrected chi connectivity index (χ4v) is 3.06. The van der Waals surface area contributed by atoms with Crippen LogP contribution in [0.3, 0.4) is 0 Å². The molecule has 1 atom stereocenters. The fraction of sp³-hybridized carbons (Fsp3) is 0.412. The Morgan fingerprint density at radius 1 is 1.42 bits per heavy atom. The molecule has 1 aromatic heterocycles. The van der Waals surface area contributed by atoms with Gasteiger partial charge in [0.1, 0.15) is 0 Å². The number of hydrogen-bond acceptors (Lipinski definition) is 6. The Labute approximate surface area is 140 Å². The minimum absolute atomic E-state index is 0.345. The molecule has 0 radical (unpaired) electrons. The Morgan fingerprint density at radius 2 is 2.25 bits per heavy atom. The molecule has 1 fully saturated rings. The molecule has 1 aromatic carbocycles. The number of esters is 1. The van der Waals surface area contributed by atoms with E-state index in [2.05, 4.69) is 42.4 Å². The van der Waals surface area contributed by atoms with Crippen molar-refractivity contribution in [2.24, 2.45) is 0 Å². The van der Waals surface area contributed by atoms with Crippen LogP contribution in [0, 0.1) is 0 Å². The summed E-state index contributed by atoms with van der Waals surface area (Å²) in [5, 5.41) is 14.1. The van der Waals surface area contributed by atoms with E-state index >= 15 is 0 Å². The van der Waals surface area contributed by atoms with Crippen molar-refractivity contribution in [1.82, 2.24) is 25.5 Å². The Kier molecular flexibility index (Phi) is 5.32. The van der Waals surface area contributed by atoms with Gasteiger partial charge in [-0.2, -0.15) is 5.21 Å². The summed E-state index contributed by atoms with van der Waals surface area (Å²) >= 11 is 0. The Balaban J connectivity index is 1.62. The molecule has 1 saturated heterocycles. The van der Waals surface area contributed by atoms with E-state index in [1.807, 2.05) is 12.1 Å². The third-order valence-electron chi connectivity index (χ3n) is 4.31. The highest BCUT2D eigenvalue weighted by Crippen LogP contribution is 2.31. The van der Waals surface area contributed by atoms with Gasteiger partial charge in [-0.05, 0) is 36.6 Å². The molecule has 7 nitrogen and oxygen atoms in total. The summed E-state index contributed by atoms with van der Waals surface area (Å²) in [5.74, 6) is 0.409. The number of likely N-dealkylation sites (tertiary alicyclic amines) is 1. The molecule has 3 rings (SSSR count). The van der Waals surface area contributed by atoms with Crippen LogP contribution in [0.25, 0.3) is 6.08 Å². The highest BCUT2D eigenvalue weighted by atomic mass is 16.5. The molecule has 0 saturated carbocycles. The molecule has 0 aliphatic carbocycles. The number of ether oxygens (including phenoxy) is 1. The molecule has 2 aromatic rings. The number of tetrazole rings is 1. The zero-order chi connectivity index (χ0) is 16.8. The summed E-state index contributed by atoms with van der Waals surface area (Å²) in [4.78, 5) is 13.6. The van der Waals surface area contributed by atoms with Gasteiger partial charge in [-0.1, -0.05) is 29.5 Å². The number of hydrogen-bond donors (Lipinski definition) is 1. The van der Waals surface area contributed by atoms with E-state index in [0.717, 1.165) is 37.3 Å². The van der Waals surface area contributed by atoms with Gasteiger partial charge in [-0.15, -0.1) is 10.2 Å². The van der Waals surface area contributed by atoms with E-state index in [9.17, 15) is 4.79 Å². The first kappa shape index (κ1) is 16.3. The largest absolute Gasteiger partial charge is 0.466 e. The quantitative estimate of drug-likeness (QED) is 0.643. The summed E-state index contributed by atoms with van der Waals surface area (Å²) < 4.78 is 4.60. The number of aromatic amines is 1. The highest BCUT2D eigenvalue weighted by molar-refractivity contribution is 5.86. The monoisotopic (exact) mass is 327 g/mol. The number of methoxy groups -OCH3 is 1. The second-order valence-corrected chi connectivity index (χ2v) is 5.80. The molecule has 1 N–H and O–H groups in total. The lowest BCUT2D eigenvalue weighted by Gasteiger charge is -2.24. The van der Waals surface area contributed by atoms with Gasteiger partial charge in [0.25, 0.3) is 0 Å². The Morgan fingerprint density at radius 3 is 2.96 bits per heavy atom. The number of benzene rings is 1. The molecule has 0 amide bonds. The minimum atomic E-state index is -0.345. The summed E-state index contributed by atoms with van der Waals surface area (Å²) in [6.07, 6.45) is 6.34. The molecular weight excluding hydrogens is 306 g/mol. The molecule has 24 heavy (non-hydrogen) atoms. The van der Waals surface area contributed by atoms with Crippen molar-refractivity contribution >= 4 is 12.0 Å². The summed E-state index contributed by atoms with van der Waals surface area (Å²) in [7, 11) is 1.37. The molecular formula is C17H21N5O2. The third-order valence-corrected chi connectivity index (χ3v) is 4.31. The maximum Gasteiger partial charge on any atom is 0.330 e. The van der Waals surface area contributed by atoms with Crippen LogP contribution in [0.4, 0.5) is 0 Å². The van der Waals surface area contributed by atoms with Crippen LogP contribution in [-0.2, 0) is 16.0 Å². The van der Waals surface area contributed by atoms with Crippen molar-refractivity contribution in [3.8, 4) is 0 Å². The molecule has 0 spiro atoms. The zero-order valence-electron chi connectivity index (χ0n) is 13.7. The van der Waals surface area contributed by atoms with Crippen LogP contribution >= 0.6 is 0 Å². The van der Waals surface area contributed by atoms with E-state index in [4.69, 9.17) is 0 Å². The minimum Gasteiger partial charge on any atom is -0.466 e. The van der Waals surface area contributed by atoms with Crippen molar-refractivity contribution in [1.29, 1.82) is 0 Å². The average molecular weight is 327 g/mol. The summed E-state index contributed by atoms with van der Waals surface area (Å²) in [6.45, 7) is 2.01. The normalized spacial score (nSPS) is 18.3. The topological polar surface area (TPSA) is 84.0 Å². The van der Waals surface area contributed by atoms with Crippen molar-refractivity contribution in [2.45, 2.75) is 25.3 Å². The van der Waals surface area contributed by atoms with Crippen molar-refractivity contribution in [2.75, 3.05) is 20.2 Å². The number of carbonyl (C=O) groups excluding carboxylic acids is 1. The van der Waals surface area contributed by atoms with Crippen LogP contribution in [0.1, 0.15) is 35.8 Å². The number of carbonyl (C=O) groups is 1. The summed E-state index contributed by atoms with van der Waals surface area (Å²) in [5.41, 5.74) is 2.29. The molecule has 1 aliphatic rings. The second-order valence-electron chi connectivity index (χ2n) is 5.80. The fourth-order valence-electron chi connectivity index (χ4n) is 3.06. The number of nitrogens with zero attached hydrogens (tertiary/aromatic N) is 4. The molecule has 2 heterocycles. The molecule has 1 aliphatic heterocycles. The van der Waals surface area contributed by atoms with Gasteiger partial charge >= 0.3 is 5.97 Å². The third kappa shape index (κ3) is 4.05. The number of H-pyrrole nitrogens is 1. The van der Waals surface area contributed by atoms with Crippen molar-refractivity contribution in [3.63, 3.8) is 0 Å². The van der Waals surface area contributed by atoms with Gasteiger partial charge in [0.15, 0.2) is 5.82 Å². The van der Waals surface area contributed by atoms with E-state index in [1.54, 1.807) is 6.08 Å². The van der Waals surface area contributed by atoms with E-state index in [1.165, 1.54) is 25.2 Å². The predicted molar refractivity (Wildman–Crippen MR) is 88.9 cm³/mol. The maximum atomic E-state index is 11.1. The first-order valence-corrected chi connectivity index (χ1v) is 8.08. The van der Waals surface area contributed by atoms with Gasteiger partial charge in [-0.3, -0.25) is 4.90 Å². The summed E-state index contributed by atoms with van der Waals surface area (Å²) in [6, 6.07) is 8.76. The van der Waals surface area contributed by atoms with Crippen LogP contribution < -0.4 is 0 Å². The molecule has 0 bridgehead atoms. The van der Waals surface area contributed by atoms with Gasteiger partial charge in [0.2, 0.25) is 0 Å². The van der Waals surface area contributed by atoms with E-state index in [0.29, 0.717) is 6.04 Å². The first-order valence-electron chi connectivity index (χ1n) is 8.08. The lowest BCUT2D eigenvalue weighted by Crippen LogP contribution is -2.26. The van der Waals surface area contributed by atoms with Gasteiger partial charge in [0.05, 0.1) is 7.11 Å². The maximum absolute atomic E-state index is 11.1. The van der Waals surface area contributed by atoms with Crippen LogP contribution in [0.2, 0.25) is 0 Å². The smallest absolute Gasteiger partial charge is 0.330 e. The van der Waals surface area contributed by atoms with Crippen LogP contribution in [-0.4, -0.2) is 51.7 Å². The van der Waals surface area contributed by atoms with Gasteiger partial charge in [0, 0.05) is 25.1 Å². The molecule has 7 heteroatoms. The highest BCUT2D eigenvalue weighted by Gasteiger charge is 2.25. The number of nitrogens with one attached hydrogen (secondary N) is 1. The van der Waals surface area contributed by atoms with Gasteiger partial charge < -0.3 is 4.74 Å². The molecule has 1 unspecified atom stereocenters. The number of rotatable bonds is 6. The first-order chi connectivity index (χ1) is 11.8. The SMILES string of the molecule is COC(=O)C=Cc1ccc(C2CCCN2CCc2nn[nH]n2)cc1. The standard InChI is InChI=1S/C17H21N5O2/c1-24-17(23)9-6-13-4-7-14(8-5-13)15-3-2-11-22(15)12-10-16-18-20-21-19-16/h4-9,15H,2-3,10-12H2,1H3,(H,18,19,20,21). The lowest BCUT2D eigenvalue weighted by atomic mass is 10.0.